The van der Waals surface area contributed by atoms with Crippen molar-refractivity contribution in [1.29, 1.82) is 0 Å². The molecule has 4 fully saturated rings. The Morgan fingerprint density at radius 3 is 2.50 bits per heavy atom. The number of aliphatic carboxylic acids is 1. The number of hydrogen-bond donors (Lipinski definition) is 3. The zero-order valence-corrected chi connectivity index (χ0v) is 19.0. The number of carboxylic acids is 1. The van der Waals surface area contributed by atoms with E-state index in [0.717, 1.165) is 25.7 Å². The van der Waals surface area contributed by atoms with Gasteiger partial charge in [0.15, 0.2) is 0 Å². The van der Waals surface area contributed by atoms with Gasteiger partial charge < -0.3 is 15.3 Å². The predicted molar refractivity (Wildman–Crippen MR) is 118 cm³/mol. The molecule has 4 rings (SSSR count). The lowest BCUT2D eigenvalue weighted by atomic mass is 9.41. The first-order valence-electron chi connectivity index (χ1n) is 14.6. The van der Waals surface area contributed by atoms with E-state index in [-0.39, 0.29) is 41.9 Å². The molecule has 4 saturated carbocycles. The molecule has 0 aliphatic heterocycles. The van der Waals surface area contributed by atoms with Crippen LogP contribution in [0.3, 0.4) is 0 Å². The van der Waals surface area contributed by atoms with Gasteiger partial charge in [0.1, 0.15) is 0 Å². The van der Waals surface area contributed by atoms with Crippen molar-refractivity contribution in [3.05, 3.63) is 0 Å². The molecule has 0 saturated heterocycles. The van der Waals surface area contributed by atoms with Gasteiger partial charge in [0.2, 0.25) is 0 Å². The quantitative estimate of drug-likeness (QED) is 0.572. The monoisotopic (exact) mass is 425 g/mol. The van der Waals surface area contributed by atoms with E-state index in [1.54, 1.807) is 0 Å². The van der Waals surface area contributed by atoms with Crippen LogP contribution >= 0.6 is 0 Å². The molecular formula is C26H44O4. The third-order valence-electron chi connectivity index (χ3n) is 10.1. The molecule has 0 aromatic heterocycles. The molecule has 4 heteroatoms. The molecule has 4 nitrogen and oxygen atoms in total. The van der Waals surface area contributed by atoms with E-state index in [2.05, 4.69) is 13.8 Å². The lowest BCUT2D eigenvalue weighted by Gasteiger charge is -2.64. The van der Waals surface area contributed by atoms with Crippen LogP contribution < -0.4 is 0 Å². The number of aliphatic hydroxyl groups excluding tert-OH is 1. The topological polar surface area (TPSA) is 77.8 Å². The van der Waals surface area contributed by atoms with Gasteiger partial charge in [-0.1, -0.05) is 34.1 Å². The van der Waals surface area contributed by atoms with Gasteiger partial charge in [0.25, 0.3) is 0 Å². The maximum atomic E-state index is 11.8. The molecule has 0 spiro atoms. The summed E-state index contributed by atoms with van der Waals surface area (Å²) in [6.45, 7) is 8.33. The fourth-order valence-corrected chi connectivity index (χ4v) is 8.63. The van der Waals surface area contributed by atoms with Gasteiger partial charge in [0, 0.05) is 11.9 Å². The number of hydrogen-bond acceptors (Lipinski definition) is 3. The van der Waals surface area contributed by atoms with Crippen LogP contribution in [0.2, 0.25) is 0 Å². The van der Waals surface area contributed by atoms with E-state index in [0.29, 0.717) is 18.8 Å². The molecule has 0 radical (unpaired) electrons. The molecule has 30 heavy (non-hydrogen) atoms. The summed E-state index contributed by atoms with van der Waals surface area (Å²) in [6, 6.07) is 0. The van der Waals surface area contributed by atoms with Gasteiger partial charge in [-0.3, -0.25) is 4.79 Å². The first kappa shape index (κ1) is 16.9. The standard InChI is InChI=1S/C26H44O4/c1-5-17-21-14-16(27)10-12-26(21,4)20-11-13-25(3)18(15(2)6-9-22(28)29)7-8-19(25)23(20)24(17)30/h15-21,23-24,27,30H,5-14H2,1-4H3,(H,28,29)/t15-,16?,17-,18-,19?,20?,21+,23?,24-,25-,26-/m1/s1/i10D2,14D2,16D. The molecule has 0 amide bonds. The Morgan fingerprint density at radius 1 is 1.13 bits per heavy atom. The summed E-state index contributed by atoms with van der Waals surface area (Å²) in [6.07, 6.45) is -3.77. The average Bonchev–Trinajstić information content (AvgIpc) is 3.09. The second-order valence-electron chi connectivity index (χ2n) is 11.3. The minimum Gasteiger partial charge on any atom is -0.481 e. The summed E-state index contributed by atoms with van der Waals surface area (Å²) >= 11 is 0. The third-order valence-corrected chi connectivity index (χ3v) is 10.1. The summed E-state index contributed by atoms with van der Waals surface area (Å²) < 4.78 is 43.2. The van der Waals surface area contributed by atoms with E-state index in [1.807, 2.05) is 13.8 Å². The first-order chi connectivity index (χ1) is 16.0. The van der Waals surface area contributed by atoms with Crippen LogP contribution in [0.1, 0.15) is 98.7 Å². The van der Waals surface area contributed by atoms with E-state index in [4.69, 9.17) is 6.85 Å². The number of carbonyl (C=O) groups is 1. The summed E-state index contributed by atoms with van der Waals surface area (Å²) in [5.41, 5.74) is -0.816. The van der Waals surface area contributed by atoms with E-state index in [9.17, 15) is 20.1 Å². The molecule has 0 heterocycles. The summed E-state index contributed by atoms with van der Waals surface area (Å²) in [5.74, 6) is -1.36. The van der Waals surface area contributed by atoms with Crippen molar-refractivity contribution in [3.8, 4) is 0 Å². The van der Waals surface area contributed by atoms with Crippen molar-refractivity contribution in [2.45, 2.75) is 104 Å². The van der Waals surface area contributed by atoms with Crippen LogP contribution in [0.25, 0.3) is 0 Å². The van der Waals surface area contributed by atoms with Gasteiger partial charge in [-0.25, -0.2) is 0 Å². The molecule has 4 unspecified atom stereocenters. The highest BCUT2D eigenvalue weighted by molar-refractivity contribution is 5.66. The Morgan fingerprint density at radius 2 is 1.83 bits per heavy atom. The minimum atomic E-state index is -2.88. The second kappa shape index (κ2) is 8.06. The summed E-state index contributed by atoms with van der Waals surface area (Å²) in [5, 5.41) is 31.9. The van der Waals surface area contributed by atoms with Crippen molar-refractivity contribution >= 4 is 5.97 Å². The predicted octanol–water partition coefficient (Wildman–Crippen LogP) is 5.11. The summed E-state index contributed by atoms with van der Waals surface area (Å²) in [7, 11) is 0. The Kier molecular flexibility index (Phi) is 4.56. The Labute approximate surface area is 189 Å². The van der Waals surface area contributed by atoms with Crippen molar-refractivity contribution in [2.75, 3.05) is 0 Å². The zero-order valence-electron chi connectivity index (χ0n) is 24.0. The summed E-state index contributed by atoms with van der Waals surface area (Å²) in [4.78, 5) is 11.2. The average molecular weight is 426 g/mol. The first-order valence-corrected chi connectivity index (χ1v) is 12.1. The van der Waals surface area contributed by atoms with E-state index < -0.39 is 48.1 Å². The maximum Gasteiger partial charge on any atom is 0.303 e. The van der Waals surface area contributed by atoms with Gasteiger partial charge >= 0.3 is 5.97 Å². The van der Waals surface area contributed by atoms with Crippen molar-refractivity contribution in [2.24, 2.45) is 52.3 Å². The maximum absolute atomic E-state index is 11.8. The molecule has 4 aliphatic carbocycles. The molecule has 4 aliphatic rings. The number of fused-ring (bicyclic) bond motifs is 5. The van der Waals surface area contributed by atoms with Crippen LogP contribution in [-0.2, 0) is 4.79 Å². The highest BCUT2D eigenvalue weighted by atomic mass is 16.4. The third kappa shape index (κ3) is 3.36. The SMILES string of the molecule is [2H]C1([2H])C[C@]2(C)C3CC[C@@]4(C)C(CC[C@@H]4[C@H](C)CCC(=O)O)C3[C@H](O)[C@H](CC)[C@@H]2C([2H])([2H])C1([2H])O. The van der Waals surface area contributed by atoms with Gasteiger partial charge in [0.05, 0.1) is 13.6 Å². The molecule has 0 aromatic rings. The van der Waals surface area contributed by atoms with Crippen molar-refractivity contribution in [3.63, 3.8) is 0 Å². The highest BCUT2D eigenvalue weighted by Crippen LogP contribution is 2.69. The normalized spacial score (nSPS) is 59.8. The van der Waals surface area contributed by atoms with Gasteiger partial charge in [-0.05, 0) is 104 Å². The fourth-order valence-electron chi connectivity index (χ4n) is 8.63. The minimum absolute atomic E-state index is 0.0373. The number of rotatable bonds is 5. The van der Waals surface area contributed by atoms with E-state index >= 15 is 0 Å². The number of carboxylic acid groups (broad SMARTS) is 1. The fraction of sp³-hybridized carbons (Fsp3) is 0.962. The van der Waals surface area contributed by atoms with Crippen LogP contribution in [0, 0.1) is 52.3 Å². The Hall–Kier alpha value is -0.610. The zero-order chi connectivity index (χ0) is 26.4. The van der Waals surface area contributed by atoms with E-state index in [1.165, 1.54) is 0 Å². The molecule has 0 aromatic carbocycles. The lowest BCUT2D eigenvalue weighted by Crippen LogP contribution is -2.62. The smallest absolute Gasteiger partial charge is 0.303 e. The Bertz CT molecular complexity index is 850. The molecule has 172 valence electrons. The molecular weight excluding hydrogens is 376 g/mol. The van der Waals surface area contributed by atoms with Crippen molar-refractivity contribution in [1.82, 2.24) is 0 Å². The molecule has 11 atom stereocenters. The van der Waals surface area contributed by atoms with Crippen LogP contribution in [0.5, 0.6) is 0 Å². The second-order valence-corrected chi connectivity index (χ2v) is 11.3. The van der Waals surface area contributed by atoms with Crippen LogP contribution in [-0.4, -0.2) is 33.5 Å². The lowest BCUT2D eigenvalue weighted by molar-refractivity contribution is -0.203. The highest BCUT2D eigenvalue weighted by Gasteiger charge is 2.64. The Balaban J connectivity index is 1.73. The van der Waals surface area contributed by atoms with Gasteiger partial charge in [-0.15, -0.1) is 0 Å². The van der Waals surface area contributed by atoms with Gasteiger partial charge in [-0.2, -0.15) is 0 Å². The van der Waals surface area contributed by atoms with Crippen LogP contribution in [0.4, 0.5) is 0 Å². The van der Waals surface area contributed by atoms with Crippen molar-refractivity contribution < 1.29 is 27.0 Å². The molecule has 3 N–H and O–H groups in total. The molecule has 0 bridgehead atoms. The number of aliphatic hydroxyl groups is 2. The largest absolute Gasteiger partial charge is 0.481 e. The van der Waals surface area contributed by atoms with Crippen LogP contribution in [0.15, 0.2) is 0 Å².